The Bertz CT molecular complexity index is 522. The van der Waals surface area contributed by atoms with Crippen LogP contribution in [0.4, 0.5) is 0 Å². The van der Waals surface area contributed by atoms with Crippen molar-refractivity contribution >= 4 is 0 Å². The van der Waals surface area contributed by atoms with E-state index in [-0.39, 0.29) is 5.75 Å². The third-order valence-corrected chi connectivity index (χ3v) is 3.29. The molecule has 0 aliphatic rings. The zero-order chi connectivity index (χ0) is 13.7. The summed E-state index contributed by atoms with van der Waals surface area (Å²) in [5.41, 5.74) is 0.778. The van der Waals surface area contributed by atoms with Crippen LogP contribution in [0.2, 0.25) is 0 Å². The van der Waals surface area contributed by atoms with Gasteiger partial charge >= 0.3 is 0 Å². The second kappa shape index (κ2) is 6.36. The summed E-state index contributed by atoms with van der Waals surface area (Å²) in [6, 6.07) is 6.90. The van der Waals surface area contributed by atoms with Crippen molar-refractivity contribution in [3.63, 3.8) is 0 Å². The summed E-state index contributed by atoms with van der Waals surface area (Å²) in [6.45, 7) is 4.32. The van der Waals surface area contributed by atoms with Crippen molar-refractivity contribution in [1.82, 2.24) is 10.1 Å². The fourth-order valence-electron chi connectivity index (χ4n) is 2.12. The van der Waals surface area contributed by atoms with Gasteiger partial charge in [0.25, 0.3) is 0 Å². The summed E-state index contributed by atoms with van der Waals surface area (Å²) >= 11 is 0. The fourth-order valence-corrected chi connectivity index (χ4v) is 2.12. The third kappa shape index (κ3) is 3.34. The zero-order valence-electron chi connectivity index (χ0n) is 11.5. The highest BCUT2D eigenvalue weighted by molar-refractivity contribution is 5.56. The summed E-state index contributed by atoms with van der Waals surface area (Å²) in [4.78, 5) is 4.46. The largest absolute Gasteiger partial charge is 0.508 e. The molecule has 0 aliphatic carbocycles. The second-order valence-electron chi connectivity index (χ2n) is 4.75. The summed E-state index contributed by atoms with van der Waals surface area (Å²) < 4.78 is 5.37. The van der Waals surface area contributed by atoms with E-state index in [1.807, 2.05) is 6.07 Å². The van der Waals surface area contributed by atoms with Gasteiger partial charge in [-0.15, -0.1) is 0 Å². The lowest BCUT2D eigenvalue weighted by Gasteiger charge is -2.07. The Morgan fingerprint density at radius 2 is 2.16 bits per heavy atom. The van der Waals surface area contributed by atoms with Gasteiger partial charge in [0, 0.05) is 11.5 Å². The van der Waals surface area contributed by atoms with Crippen molar-refractivity contribution in [3.05, 3.63) is 30.2 Å². The predicted molar refractivity (Wildman–Crippen MR) is 74.0 cm³/mol. The first-order chi connectivity index (χ1) is 9.24. The van der Waals surface area contributed by atoms with E-state index in [0.717, 1.165) is 18.4 Å². The molecular formula is C15H20N2O2. The Labute approximate surface area is 113 Å². The van der Waals surface area contributed by atoms with Crippen molar-refractivity contribution in [2.24, 2.45) is 0 Å². The monoisotopic (exact) mass is 260 g/mol. The standard InChI is InChI=1S/C15H20N2O2/c1-3-5-7-11(4-2)15-16-14(17-19-15)12-8-6-9-13(18)10-12/h6,8-11,18H,3-5,7H2,1-2H3. The van der Waals surface area contributed by atoms with Gasteiger partial charge in [0.1, 0.15) is 5.75 Å². The molecule has 19 heavy (non-hydrogen) atoms. The van der Waals surface area contributed by atoms with E-state index < -0.39 is 0 Å². The minimum atomic E-state index is 0.210. The number of hydrogen-bond donors (Lipinski definition) is 1. The molecule has 4 nitrogen and oxygen atoms in total. The molecule has 0 aliphatic heterocycles. The topological polar surface area (TPSA) is 59.2 Å². The van der Waals surface area contributed by atoms with Crippen LogP contribution in [0.25, 0.3) is 11.4 Å². The van der Waals surface area contributed by atoms with Crippen LogP contribution in [-0.2, 0) is 0 Å². The first kappa shape index (κ1) is 13.6. The Kier molecular flexibility index (Phi) is 4.55. The van der Waals surface area contributed by atoms with E-state index in [1.165, 1.54) is 12.8 Å². The highest BCUT2D eigenvalue weighted by atomic mass is 16.5. The highest BCUT2D eigenvalue weighted by Crippen LogP contribution is 2.27. The van der Waals surface area contributed by atoms with Crippen molar-refractivity contribution < 1.29 is 9.63 Å². The molecule has 0 fully saturated rings. The molecule has 2 rings (SSSR count). The van der Waals surface area contributed by atoms with Crippen LogP contribution >= 0.6 is 0 Å². The highest BCUT2D eigenvalue weighted by Gasteiger charge is 2.17. The van der Waals surface area contributed by atoms with Crippen molar-refractivity contribution in [2.45, 2.75) is 45.4 Å². The fraction of sp³-hybridized carbons (Fsp3) is 0.467. The van der Waals surface area contributed by atoms with Crippen molar-refractivity contribution in [2.75, 3.05) is 0 Å². The number of nitrogens with zero attached hydrogens (tertiary/aromatic N) is 2. The van der Waals surface area contributed by atoms with Crippen LogP contribution in [0.1, 0.15) is 51.3 Å². The molecule has 0 saturated carbocycles. The van der Waals surface area contributed by atoms with Gasteiger partial charge < -0.3 is 9.63 Å². The molecule has 4 heteroatoms. The second-order valence-corrected chi connectivity index (χ2v) is 4.75. The van der Waals surface area contributed by atoms with E-state index >= 15 is 0 Å². The Hall–Kier alpha value is -1.84. The van der Waals surface area contributed by atoms with Crippen LogP contribution in [0.5, 0.6) is 5.75 Å². The normalized spacial score (nSPS) is 12.5. The molecule has 1 atom stereocenters. The van der Waals surface area contributed by atoms with Crippen molar-refractivity contribution in [1.29, 1.82) is 0 Å². The third-order valence-electron chi connectivity index (χ3n) is 3.29. The SMILES string of the molecule is CCCCC(CC)c1nc(-c2cccc(O)c2)no1. The molecular weight excluding hydrogens is 240 g/mol. The minimum Gasteiger partial charge on any atom is -0.508 e. The average molecular weight is 260 g/mol. The maximum atomic E-state index is 9.47. The van der Waals surface area contributed by atoms with Crippen molar-refractivity contribution in [3.8, 4) is 17.1 Å². The van der Waals surface area contributed by atoms with E-state index in [4.69, 9.17) is 4.52 Å². The van der Waals surface area contributed by atoms with Crippen LogP contribution in [0.15, 0.2) is 28.8 Å². The van der Waals surface area contributed by atoms with Crippen LogP contribution < -0.4 is 0 Å². The first-order valence-electron chi connectivity index (χ1n) is 6.87. The van der Waals surface area contributed by atoms with Gasteiger partial charge in [-0.1, -0.05) is 44.0 Å². The molecule has 1 aromatic carbocycles. The van der Waals surface area contributed by atoms with E-state index in [2.05, 4.69) is 24.0 Å². The average Bonchev–Trinajstić information content (AvgIpc) is 2.89. The first-order valence-corrected chi connectivity index (χ1v) is 6.87. The lowest BCUT2D eigenvalue weighted by molar-refractivity contribution is 0.340. The molecule has 1 aromatic heterocycles. The molecule has 102 valence electrons. The number of unbranched alkanes of at least 4 members (excludes halogenated alkanes) is 1. The number of aromatic nitrogens is 2. The number of aromatic hydroxyl groups is 1. The quantitative estimate of drug-likeness (QED) is 0.848. The molecule has 2 aromatic rings. The van der Waals surface area contributed by atoms with Gasteiger partial charge in [0.05, 0.1) is 0 Å². The number of phenolic OH excluding ortho intramolecular Hbond substituents is 1. The smallest absolute Gasteiger partial charge is 0.230 e. The number of rotatable bonds is 6. The molecule has 1 unspecified atom stereocenters. The van der Waals surface area contributed by atoms with Gasteiger partial charge in [-0.25, -0.2) is 0 Å². The van der Waals surface area contributed by atoms with Gasteiger partial charge in [-0.3, -0.25) is 0 Å². The summed E-state index contributed by atoms with van der Waals surface area (Å²) in [5, 5.41) is 13.5. The van der Waals surface area contributed by atoms with Gasteiger partial charge in [-0.2, -0.15) is 4.98 Å². The molecule has 0 amide bonds. The van der Waals surface area contributed by atoms with E-state index in [0.29, 0.717) is 17.6 Å². The maximum Gasteiger partial charge on any atom is 0.230 e. The maximum absolute atomic E-state index is 9.47. The molecule has 0 spiro atoms. The molecule has 1 N–H and O–H groups in total. The molecule has 0 bridgehead atoms. The van der Waals surface area contributed by atoms with Crippen LogP contribution in [0, 0.1) is 0 Å². The lowest BCUT2D eigenvalue weighted by Crippen LogP contribution is -1.97. The molecule has 0 saturated heterocycles. The Balaban J connectivity index is 2.18. The van der Waals surface area contributed by atoms with Crippen LogP contribution in [-0.4, -0.2) is 15.2 Å². The zero-order valence-corrected chi connectivity index (χ0v) is 11.5. The predicted octanol–water partition coefficient (Wildman–Crippen LogP) is 4.13. The Morgan fingerprint density at radius 3 is 2.84 bits per heavy atom. The molecule has 1 heterocycles. The summed E-state index contributed by atoms with van der Waals surface area (Å²) in [7, 11) is 0. The van der Waals surface area contributed by atoms with E-state index in [9.17, 15) is 5.11 Å². The molecule has 0 radical (unpaired) electrons. The van der Waals surface area contributed by atoms with Crippen LogP contribution in [0.3, 0.4) is 0 Å². The van der Waals surface area contributed by atoms with E-state index in [1.54, 1.807) is 18.2 Å². The van der Waals surface area contributed by atoms with Gasteiger partial charge in [0.15, 0.2) is 0 Å². The lowest BCUT2D eigenvalue weighted by atomic mass is 9.99. The number of phenols is 1. The Morgan fingerprint density at radius 1 is 1.32 bits per heavy atom. The minimum absolute atomic E-state index is 0.210. The summed E-state index contributed by atoms with van der Waals surface area (Å²) in [6.07, 6.45) is 4.42. The number of hydrogen-bond acceptors (Lipinski definition) is 4. The summed E-state index contributed by atoms with van der Waals surface area (Å²) in [5.74, 6) is 1.79. The van der Waals surface area contributed by atoms with Gasteiger partial charge in [0.2, 0.25) is 11.7 Å². The van der Waals surface area contributed by atoms with Gasteiger partial charge in [-0.05, 0) is 25.0 Å². The number of benzene rings is 1.